The first-order chi connectivity index (χ1) is 9.98. The number of nitrogens with one attached hydrogen (secondary N) is 1. The Kier molecular flexibility index (Phi) is 6.65. The van der Waals surface area contributed by atoms with Gasteiger partial charge in [-0.15, -0.1) is 0 Å². The fourth-order valence-electron chi connectivity index (χ4n) is 2.44. The molecule has 1 amide bonds. The Morgan fingerprint density at radius 2 is 1.64 bits per heavy atom. The number of hydrogen-bond donors (Lipinski definition) is 2. The normalized spacial score (nSPS) is 18.9. The predicted molar refractivity (Wildman–Crippen MR) is 84.9 cm³/mol. The van der Waals surface area contributed by atoms with Gasteiger partial charge >= 0.3 is 6.09 Å². The molecule has 130 valence electrons. The molecule has 0 heterocycles. The van der Waals surface area contributed by atoms with Gasteiger partial charge in [-0.3, -0.25) is 0 Å². The number of amides is 1. The van der Waals surface area contributed by atoms with Gasteiger partial charge in [-0.2, -0.15) is 5.43 Å². The summed E-state index contributed by atoms with van der Waals surface area (Å²) in [4.78, 5) is 12.4. The molecule has 1 fully saturated rings. The van der Waals surface area contributed by atoms with Gasteiger partial charge in [-0.05, 0) is 54.4 Å². The van der Waals surface area contributed by atoms with Gasteiger partial charge in [0.2, 0.25) is 6.41 Å². The summed E-state index contributed by atoms with van der Waals surface area (Å²) in [6.07, 6.45) is 3.39. The van der Waals surface area contributed by atoms with Crippen LogP contribution in [0.1, 0.15) is 73.6 Å². The van der Waals surface area contributed by atoms with Crippen LogP contribution in [0.25, 0.3) is 0 Å². The number of carbonyl (C=O) groups is 1. The summed E-state index contributed by atoms with van der Waals surface area (Å²) in [5.41, 5.74) is 1.66. The number of aliphatic hydroxyl groups excluding tert-OH is 1. The smallest absolute Gasteiger partial charge is 0.425 e. The van der Waals surface area contributed by atoms with Gasteiger partial charge in [0.25, 0.3) is 0 Å². The summed E-state index contributed by atoms with van der Waals surface area (Å²) in [6.45, 7) is 11.0. The molecule has 0 bridgehead atoms. The van der Waals surface area contributed by atoms with Crippen LogP contribution in [0.3, 0.4) is 0 Å². The molecule has 0 aromatic carbocycles. The maximum atomic E-state index is 12.4. The van der Waals surface area contributed by atoms with Crippen molar-refractivity contribution in [2.24, 2.45) is 0 Å². The van der Waals surface area contributed by atoms with Crippen molar-refractivity contribution in [3.05, 3.63) is 0 Å². The van der Waals surface area contributed by atoms with E-state index in [2.05, 4.69) is 5.43 Å². The second-order valence-electron chi connectivity index (χ2n) is 7.85. The lowest BCUT2D eigenvalue weighted by Crippen LogP contribution is -2.56. The van der Waals surface area contributed by atoms with Gasteiger partial charge in [-0.25, -0.2) is 9.80 Å². The van der Waals surface area contributed by atoms with Crippen LogP contribution in [0.2, 0.25) is 0 Å². The van der Waals surface area contributed by atoms with Gasteiger partial charge in [0.05, 0.1) is 11.6 Å². The summed E-state index contributed by atoms with van der Waals surface area (Å²) in [7, 11) is 0. The number of nitrogens with zero attached hydrogens (tertiary/aromatic N) is 1. The van der Waals surface area contributed by atoms with Crippen LogP contribution in [0, 0.1) is 0 Å². The minimum Gasteiger partial charge on any atom is -0.443 e. The minimum absolute atomic E-state index is 0.0156. The van der Waals surface area contributed by atoms with E-state index in [1.165, 1.54) is 11.4 Å². The van der Waals surface area contributed by atoms with E-state index >= 15 is 0 Å². The molecule has 1 aliphatic carbocycles. The van der Waals surface area contributed by atoms with Crippen LogP contribution in [-0.2, 0) is 9.47 Å². The first-order valence-corrected chi connectivity index (χ1v) is 8.12. The van der Waals surface area contributed by atoms with Crippen molar-refractivity contribution in [2.45, 2.75) is 97.3 Å². The van der Waals surface area contributed by atoms with Crippen LogP contribution in [0.4, 0.5) is 4.79 Å². The van der Waals surface area contributed by atoms with Gasteiger partial charge in [-0.1, -0.05) is 19.3 Å². The van der Waals surface area contributed by atoms with E-state index in [-0.39, 0.29) is 6.04 Å². The second kappa shape index (κ2) is 7.62. The van der Waals surface area contributed by atoms with E-state index in [1.54, 1.807) is 0 Å². The van der Waals surface area contributed by atoms with Crippen molar-refractivity contribution < 1.29 is 19.4 Å². The van der Waals surface area contributed by atoms with E-state index in [1.807, 2.05) is 41.5 Å². The van der Waals surface area contributed by atoms with Crippen molar-refractivity contribution in [3.63, 3.8) is 0 Å². The van der Waals surface area contributed by atoms with E-state index in [4.69, 9.17) is 9.47 Å². The number of aliphatic hydroxyl groups is 1. The van der Waals surface area contributed by atoms with Crippen LogP contribution in [0.15, 0.2) is 0 Å². The summed E-state index contributed by atoms with van der Waals surface area (Å²) in [5.74, 6) is 0. The fourth-order valence-corrected chi connectivity index (χ4v) is 2.44. The van der Waals surface area contributed by atoms with Crippen molar-refractivity contribution in [1.82, 2.24) is 10.4 Å². The van der Waals surface area contributed by atoms with Crippen molar-refractivity contribution >= 4 is 6.09 Å². The van der Waals surface area contributed by atoms with Crippen LogP contribution in [0.5, 0.6) is 0 Å². The highest BCUT2D eigenvalue weighted by molar-refractivity contribution is 5.68. The third-order valence-electron chi connectivity index (χ3n) is 3.24. The fraction of sp³-hybridized carbons (Fsp3) is 0.938. The second-order valence-corrected chi connectivity index (χ2v) is 7.85. The van der Waals surface area contributed by atoms with Gasteiger partial charge in [0, 0.05) is 0 Å². The molecule has 0 aromatic heterocycles. The number of ether oxygens (including phenoxy) is 2. The van der Waals surface area contributed by atoms with Crippen molar-refractivity contribution in [1.29, 1.82) is 0 Å². The highest BCUT2D eigenvalue weighted by Crippen LogP contribution is 2.23. The average Bonchev–Trinajstić information content (AvgIpc) is 2.32. The van der Waals surface area contributed by atoms with E-state index in [0.29, 0.717) is 0 Å². The summed E-state index contributed by atoms with van der Waals surface area (Å²) < 4.78 is 10.9. The summed E-state index contributed by atoms with van der Waals surface area (Å²) >= 11 is 0. The lowest BCUT2D eigenvalue weighted by atomic mass is 9.95. The zero-order valence-corrected chi connectivity index (χ0v) is 14.8. The largest absolute Gasteiger partial charge is 0.443 e. The Morgan fingerprint density at radius 1 is 1.09 bits per heavy atom. The molecule has 0 aromatic rings. The monoisotopic (exact) mass is 316 g/mol. The quantitative estimate of drug-likeness (QED) is 0.616. The van der Waals surface area contributed by atoms with Crippen molar-refractivity contribution in [3.8, 4) is 0 Å². The first kappa shape index (κ1) is 19.2. The molecule has 1 rings (SSSR count). The molecule has 0 saturated heterocycles. The summed E-state index contributed by atoms with van der Waals surface area (Å²) in [5, 5.41) is 11.5. The molecule has 1 unspecified atom stereocenters. The third kappa shape index (κ3) is 7.42. The van der Waals surface area contributed by atoms with Gasteiger partial charge in [0.1, 0.15) is 5.60 Å². The molecular formula is C16H32N2O4. The topological polar surface area (TPSA) is 71.0 Å². The lowest BCUT2D eigenvalue weighted by molar-refractivity contribution is -0.208. The van der Waals surface area contributed by atoms with E-state index < -0.39 is 23.7 Å². The highest BCUT2D eigenvalue weighted by atomic mass is 16.6. The van der Waals surface area contributed by atoms with E-state index in [9.17, 15) is 9.90 Å². The zero-order chi connectivity index (χ0) is 17.0. The number of hydrazine groups is 1. The van der Waals surface area contributed by atoms with E-state index in [0.717, 1.165) is 25.7 Å². The number of carbonyl (C=O) groups excluding carboxylic acids is 1. The molecule has 22 heavy (non-hydrogen) atoms. The maximum absolute atomic E-state index is 12.4. The molecule has 2 N–H and O–H groups in total. The third-order valence-corrected chi connectivity index (χ3v) is 3.24. The van der Waals surface area contributed by atoms with Gasteiger partial charge in [0.15, 0.2) is 0 Å². The van der Waals surface area contributed by atoms with Crippen LogP contribution < -0.4 is 5.43 Å². The molecule has 1 saturated carbocycles. The summed E-state index contributed by atoms with van der Waals surface area (Å²) in [6, 6.07) is 0.0156. The number of hydrogen-bond acceptors (Lipinski definition) is 5. The maximum Gasteiger partial charge on any atom is 0.425 e. The lowest BCUT2D eigenvalue weighted by Gasteiger charge is -2.37. The first-order valence-electron chi connectivity index (χ1n) is 8.12. The molecule has 6 heteroatoms. The molecule has 0 radical (unpaired) electrons. The SMILES string of the molecule is CC(C)(C)OC(=O)N(NC(O)OC(C)(C)C)C1CCCCC1. The Morgan fingerprint density at radius 3 is 2.09 bits per heavy atom. The Balaban J connectivity index is 2.75. The highest BCUT2D eigenvalue weighted by Gasteiger charge is 2.32. The molecular weight excluding hydrogens is 284 g/mol. The standard InChI is InChI=1S/C16H32N2O4/c1-15(2,3)21-13(19)17-18(12-10-8-7-9-11-12)14(20)22-16(4,5)6/h12-13,17,19H,7-11H2,1-6H3. The zero-order valence-electron chi connectivity index (χ0n) is 14.8. The molecule has 0 aliphatic heterocycles. The Hall–Kier alpha value is -0.850. The predicted octanol–water partition coefficient (Wildman–Crippen LogP) is 3.15. The van der Waals surface area contributed by atoms with Crippen LogP contribution >= 0.6 is 0 Å². The Bertz CT molecular complexity index is 354. The Labute approximate surface area is 134 Å². The van der Waals surface area contributed by atoms with Crippen LogP contribution in [-0.4, -0.2) is 39.9 Å². The van der Waals surface area contributed by atoms with Crippen molar-refractivity contribution in [2.75, 3.05) is 0 Å². The molecule has 0 spiro atoms. The minimum atomic E-state index is -1.26. The molecule has 1 aliphatic rings. The van der Waals surface area contributed by atoms with Gasteiger partial charge < -0.3 is 14.6 Å². The molecule has 1 atom stereocenters. The molecule has 6 nitrogen and oxygen atoms in total. The average molecular weight is 316 g/mol. The number of rotatable bonds is 4.